The van der Waals surface area contributed by atoms with Crippen LogP contribution in [-0.4, -0.2) is 21.1 Å². The van der Waals surface area contributed by atoms with Crippen LogP contribution < -0.4 is 0 Å². The molecule has 0 spiro atoms. The number of carbonyl (C=O) groups excluding carboxylic acids is 1. The first kappa shape index (κ1) is 12.6. The first-order valence-corrected chi connectivity index (χ1v) is 4.80. The second-order valence-electron chi connectivity index (χ2n) is 3.26. The van der Waals surface area contributed by atoms with E-state index in [4.69, 9.17) is 10.2 Å². The molecule has 0 aliphatic carbocycles. The SMILES string of the molecule is C=C/C(O)=C/C(=O)/C=C/c1ccc(O)c(O)c1. The molecular weight excluding hydrogens is 220 g/mol. The van der Waals surface area contributed by atoms with Crippen molar-refractivity contribution in [1.29, 1.82) is 0 Å². The Hall–Kier alpha value is -2.49. The van der Waals surface area contributed by atoms with Crippen LogP contribution in [0.1, 0.15) is 5.56 Å². The maximum absolute atomic E-state index is 11.3. The number of carbonyl (C=O) groups is 1. The Balaban J connectivity index is 2.80. The number of aromatic hydroxyl groups is 2. The number of ketones is 1. The molecule has 4 nitrogen and oxygen atoms in total. The Morgan fingerprint density at radius 3 is 2.53 bits per heavy atom. The number of hydrogen-bond acceptors (Lipinski definition) is 4. The summed E-state index contributed by atoms with van der Waals surface area (Å²) in [6, 6.07) is 4.17. The van der Waals surface area contributed by atoms with Crippen LogP contribution in [0, 0.1) is 0 Å². The lowest BCUT2D eigenvalue weighted by Crippen LogP contribution is -1.88. The largest absolute Gasteiger partial charge is 0.508 e. The van der Waals surface area contributed by atoms with E-state index in [1.165, 1.54) is 30.4 Å². The molecule has 3 N–H and O–H groups in total. The number of rotatable bonds is 4. The van der Waals surface area contributed by atoms with E-state index in [9.17, 15) is 9.90 Å². The number of benzene rings is 1. The van der Waals surface area contributed by atoms with E-state index in [2.05, 4.69) is 6.58 Å². The number of phenolic OH excluding ortho intramolecular Hbond substituents is 2. The summed E-state index contributed by atoms with van der Waals surface area (Å²) < 4.78 is 0. The molecule has 0 bridgehead atoms. The Morgan fingerprint density at radius 1 is 1.24 bits per heavy atom. The van der Waals surface area contributed by atoms with Crippen LogP contribution in [0.3, 0.4) is 0 Å². The Bertz CT molecular complexity index is 498. The van der Waals surface area contributed by atoms with Gasteiger partial charge in [-0.25, -0.2) is 0 Å². The van der Waals surface area contributed by atoms with E-state index in [0.29, 0.717) is 5.56 Å². The van der Waals surface area contributed by atoms with Crippen molar-refractivity contribution in [2.75, 3.05) is 0 Å². The highest BCUT2D eigenvalue weighted by molar-refractivity contribution is 6.02. The number of aliphatic hydroxyl groups is 1. The number of aliphatic hydroxyl groups excluding tert-OH is 1. The molecule has 0 saturated heterocycles. The molecule has 0 amide bonds. The maximum atomic E-state index is 11.3. The lowest BCUT2D eigenvalue weighted by Gasteiger charge is -1.97. The molecule has 4 heteroatoms. The van der Waals surface area contributed by atoms with Gasteiger partial charge in [0.25, 0.3) is 0 Å². The molecule has 1 aromatic carbocycles. The predicted octanol–water partition coefficient (Wildman–Crippen LogP) is 2.31. The molecule has 88 valence electrons. The van der Waals surface area contributed by atoms with Gasteiger partial charge in [0.2, 0.25) is 0 Å². The summed E-state index contributed by atoms with van der Waals surface area (Å²) in [5, 5.41) is 27.3. The van der Waals surface area contributed by atoms with E-state index < -0.39 is 5.78 Å². The smallest absolute Gasteiger partial charge is 0.182 e. The highest BCUT2D eigenvalue weighted by Gasteiger charge is 1.98. The highest BCUT2D eigenvalue weighted by atomic mass is 16.3. The molecular formula is C13H12O4. The van der Waals surface area contributed by atoms with Crippen LogP contribution in [0.2, 0.25) is 0 Å². The molecule has 0 unspecified atom stereocenters. The molecule has 0 aliphatic rings. The standard InChI is InChI=1S/C13H12O4/c1-2-10(14)8-11(15)5-3-9-4-6-12(16)13(17)7-9/h2-8,14,16-17H,1H2/b5-3+,10-8-. The van der Waals surface area contributed by atoms with Crippen molar-refractivity contribution >= 4 is 11.9 Å². The van der Waals surface area contributed by atoms with Gasteiger partial charge in [-0.05, 0) is 29.8 Å². The second kappa shape index (κ2) is 5.55. The minimum atomic E-state index is -0.407. The summed E-state index contributed by atoms with van der Waals surface area (Å²) in [7, 11) is 0. The molecule has 0 aliphatic heterocycles. The quantitative estimate of drug-likeness (QED) is 0.322. The highest BCUT2D eigenvalue weighted by Crippen LogP contribution is 2.25. The number of hydrogen-bond donors (Lipinski definition) is 3. The van der Waals surface area contributed by atoms with E-state index in [1.807, 2.05) is 0 Å². The van der Waals surface area contributed by atoms with Crippen molar-refractivity contribution in [3.8, 4) is 11.5 Å². The zero-order chi connectivity index (χ0) is 12.8. The van der Waals surface area contributed by atoms with Crippen LogP contribution in [0.25, 0.3) is 6.08 Å². The minimum absolute atomic E-state index is 0.215. The summed E-state index contributed by atoms with van der Waals surface area (Å²) in [5.74, 6) is -1.11. The maximum Gasteiger partial charge on any atom is 0.182 e. The van der Waals surface area contributed by atoms with Crippen molar-refractivity contribution in [2.24, 2.45) is 0 Å². The topological polar surface area (TPSA) is 77.8 Å². The third-order valence-electron chi connectivity index (χ3n) is 1.94. The summed E-state index contributed by atoms with van der Waals surface area (Å²) in [4.78, 5) is 11.3. The van der Waals surface area contributed by atoms with Crippen LogP contribution in [-0.2, 0) is 4.79 Å². The van der Waals surface area contributed by atoms with Crippen molar-refractivity contribution in [2.45, 2.75) is 0 Å². The van der Waals surface area contributed by atoms with Crippen LogP contribution >= 0.6 is 0 Å². The monoisotopic (exact) mass is 232 g/mol. The van der Waals surface area contributed by atoms with Crippen molar-refractivity contribution in [3.63, 3.8) is 0 Å². The number of phenols is 2. The molecule has 0 fully saturated rings. The average molecular weight is 232 g/mol. The summed E-state index contributed by atoms with van der Waals surface area (Å²) in [5.41, 5.74) is 0.556. The van der Waals surface area contributed by atoms with Gasteiger partial charge >= 0.3 is 0 Å². The summed E-state index contributed by atoms with van der Waals surface area (Å²) in [6.07, 6.45) is 4.85. The normalized spacial score (nSPS) is 11.6. The van der Waals surface area contributed by atoms with E-state index in [-0.39, 0.29) is 17.3 Å². The lowest BCUT2D eigenvalue weighted by atomic mass is 10.1. The van der Waals surface area contributed by atoms with Gasteiger partial charge in [0, 0.05) is 6.08 Å². The van der Waals surface area contributed by atoms with Gasteiger partial charge in [-0.15, -0.1) is 0 Å². The fourth-order valence-corrected chi connectivity index (χ4v) is 1.08. The van der Waals surface area contributed by atoms with Gasteiger partial charge < -0.3 is 15.3 Å². The first-order valence-electron chi connectivity index (χ1n) is 4.80. The van der Waals surface area contributed by atoms with E-state index in [1.54, 1.807) is 0 Å². The lowest BCUT2D eigenvalue weighted by molar-refractivity contribution is -0.110. The molecule has 1 aromatic rings. The zero-order valence-corrected chi connectivity index (χ0v) is 9.00. The van der Waals surface area contributed by atoms with Gasteiger partial charge in [0.15, 0.2) is 17.3 Å². The fraction of sp³-hybridized carbons (Fsp3) is 0. The van der Waals surface area contributed by atoms with Gasteiger partial charge in [0.1, 0.15) is 5.76 Å². The molecule has 0 atom stereocenters. The summed E-state index contributed by atoms with van der Waals surface area (Å²) in [6.45, 7) is 3.30. The Morgan fingerprint density at radius 2 is 1.94 bits per heavy atom. The molecule has 0 heterocycles. The molecule has 17 heavy (non-hydrogen) atoms. The van der Waals surface area contributed by atoms with Crippen LogP contribution in [0.4, 0.5) is 0 Å². The first-order chi connectivity index (χ1) is 8.02. The second-order valence-corrected chi connectivity index (χ2v) is 3.26. The van der Waals surface area contributed by atoms with Crippen LogP contribution in [0.15, 0.2) is 48.8 Å². The number of allylic oxidation sites excluding steroid dienone is 3. The average Bonchev–Trinajstić information content (AvgIpc) is 2.30. The van der Waals surface area contributed by atoms with E-state index in [0.717, 1.165) is 12.2 Å². The van der Waals surface area contributed by atoms with Gasteiger partial charge in [-0.2, -0.15) is 0 Å². The predicted molar refractivity (Wildman–Crippen MR) is 64.7 cm³/mol. The third kappa shape index (κ3) is 3.87. The van der Waals surface area contributed by atoms with E-state index >= 15 is 0 Å². The molecule has 0 saturated carbocycles. The van der Waals surface area contributed by atoms with Gasteiger partial charge in [-0.1, -0.05) is 18.7 Å². The Labute approximate surface area is 98.5 Å². The van der Waals surface area contributed by atoms with Crippen molar-refractivity contribution in [1.82, 2.24) is 0 Å². The Kier molecular flexibility index (Phi) is 4.11. The summed E-state index contributed by atoms with van der Waals surface area (Å²) >= 11 is 0. The fourth-order valence-electron chi connectivity index (χ4n) is 1.08. The molecule has 1 rings (SSSR count). The third-order valence-corrected chi connectivity index (χ3v) is 1.94. The van der Waals surface area contributed by atoms with Gasteiger partial charge in [0.05, 0.1) is 0 Å². The van der Waals surface area contributed by atoms with Gasteiger partial charge in [-0.3, -0.25) is 4.79 Å². The molecule has 0 radical (unpaired) electrons. The zero-order valence-electron chi connectivity index (χ0n) is 9.00. The molecule has 0 aromatic heterocycles. The van der Waals surface area contributed by atoms with Crippen molar-refractivity contribution < 1.29 is 20.1 Å². The van der Waals surface area contributed by atoms with Crippen LogP contribution in [0.5, 0.6) is 11.5 Å². The minimum Gasteiger partial charge on any atom is -0.508 e. The van der Waals surface area contributed by atoms with Crippen molar-refractivity contribution in [3.05, 3.63) is 54.3 Å².